The summed E-state index contributed by atoms with van der Waals surface area (Å²) >= 11 is 4.14. The SMILES string of the molecule is CC(C)C(N)C(=O)NC(CS)C(=O)NC(Cc1ccccc1)C(=O)NC(C(=O)O)C(C)C. The average molecular weight is 467 g/mol. The van der Waals surface area contributed by atoms with Crippen LogP contribution in [0.5, 0.6) is 0 Å². The summed E-state index contributed by atoms with van der Waals surface area (Å²) in [6.07, 6.45) is 0.140. The summed E-state index contributed by atoms with van der Waals surface area (Å²) in [6.45, 7) is 6.92. The summed E-state index contributed by atoms with van der Waals surface area (Å²) in [6, 6.07) is 5.03. The molecular formula is C22H34N4O5S. The summed E-state index contributed by atoms with van der Waals surface area (Å²) in [7, 11) is 0. The van der Waals surface area contributed by atoms with Gasteiger partial charge >= 0.3 is 5.97 Å². The minimum Gasteiger partial charge on any atom is -0.480 e. The first-order valence-corrected chi connectivity index (χ1v) is 11.1. The summed E-state index contributed by atoms with van der Waals surface area (Å²) in [4.78, 5) is 49.5. The van der Waals surface area contributed by atoms with E-state index in [4.69, 9.17) is 5.73 Å². The van der Waals surface area contributed by atoms with Crippen LogP contribution in [0.2, 0.25) is 0 Å². The zero-order valence-electron chi connectivity index (χ0n) is 18.9. The molecule has 1 rings (SSSR count). The van der Waals surface area contributed by atoms with Crippen molar-refractivity contribution >= 4 is 36.3 Å². The topological polar surface area (TPSA) is 151 Å². The minimum absolute atomic E-state index is 0.00813. The Labute approximate surface area is 194 Å². The summed E-state index contributed by atoms with van der Waals surface area (Å²) in [5.41, 5.74) is 6.61. The predicted molar refractivity (Wildman–Crippen MR) is 125 cm³/mol. The number of thiol groups is 1. The molecule has 0 heterocycles. The van der Waals surface area contributed by atoms with Crippen molar-refractivity contribution in [1.82, 2.24) is 16.0 Å². The molecular weight excluding hydrogens is 432 g/mol. The van der Waals surface area contributed by atoms with Crippen LogP contribution in [0.4, 0.5) is 0 Å². The Morgan fingerprint density at radius 3 is 1.88 bits per heavy atom. The van der Waals surface area contributed by atoms with E-state index in [1.54, 1.807) is 52.0 Å². The van der Waals surface area contributed by atoms with E-state index < -0.39 is 47.9 Å². The lowest BCUT2D eigenvalue weighted by molar-refractivity contribution is -0.143. The molecule has 9 nitrogen and oxygen atoms in total. The third kappa shape index (κ3) is 8.51. The fourth-order valence-electron chi connectivity index (χ4n) is 2.86. The lowest BCUT2D eigenvalue weighted by atomic mass is 10.0. The van der Waals surface area contributed by atoms with Gasteiger partial charge in [-0.2, -0.15) is 12.6 Å². The van der Waals surface area contributed by atoms with Gasteiger partial charge in [0.1, 0.15) is 18.1 Å². The highest BCUT2D eigenvalue weighted by Crippen LogP contribution is 2.08. The molecule has 178 valence electrons. The fourth-order valence-corrected chi connectivity index (χ4v) is 3.12. The molecule has 4 unspecified atom stereocenters. The van der Waals surface area contributed by atoms with Crippen molar-refractivity contribution in [1.29, 1.82) is 0 Å². The second-order valence-corrected chi connectivity index (χ2v) is 8.70. The van der Waals surface area contributed by atoms with Crippen molar-refractivity contribution < 1.29 is 24.3 Å². The Morgan fingerprint density at radius 1 is 0.875 bits per heavy atom. The Hall–Kier alpha value is -2.59. The van der Waals surface area contributed by atoms with Gasteiger partial charge in [0.2, 0.25) is 17.7 Å². The highest BCUT2D eigenvalue weighted by Gasteiger charge is 2.31. The maximum atomic E-state index is 12.9. The third-order valence-electron chi connectivity index (χ3n) is 4.98. The van der Waals surface area contributed by atoms with Crippen molar-refractivity contribution in [2.45, 2.75) is 58.3 Å². The number of hydrogen-bond acceptors (Lipinski definition) is 6. The number of rotatable bonds is 12. The molecule has 0 radical (unpaired) electrons. The average Bonchev–Trinajstić information content (AvgIpc) is 2.74. The molecule has 0 saturated carbocycles. The Bertz CT molecular complexity index is 788. The number of nitrogens with two attached hydrogens (primary N) is 1. The van der Waals surface area contributed by atoms with E-state index in [2.05, 4.69) is 28.6 Å². The Balaban J connectivity index is 3.02. The quantitative estimate of drug-likeness (QED) is 0.245. The number of benzene rings is 1. The van der Waals surface area contributed by atoms with Gasteiger partial charge < -0.3 is 26.8 Å². The number of carbonyl (C=O) groups excluding carboxylic acids is 3. The molecule has 32 heavy (non-hydrogen) atoms. The van der Waals surface area contributed by atoms with Gasteiger partial charge in [-0.3, -0.25) is 14.4 Å². The van der Waals surface area contributed by atoms with Gasteiger partial charge in [0, 0.05) is 12.2 Å². The molecule has 0 spiro atoms. The van der Waals surface area contributed by atoms with Gasteiger partial charge in [0.25, 0.3) is 0 Å². The molecule has 4 atom stereocenters. The van der Waals surface area contributed by atoms with Crippen molar-refractivity contribution in [3.05, 3.63) is 35.9 Å². The molecule has 10 heteroatoms. The summed E-state index contributed by atoms with van der Waals surface area (Å²) < 4.78 is 0. The van der Waals surface area contributed by atoms with Crippen LogP contribution in [0.1, 0.15) is 33.3 Å². The van der Waals surface area contributed by atoms with Crippen LogP contribution in [0.3, 0.4) is 0 Å². The van der Waals surface area contributed by atoms with Crippen LogP contribution in [-0.2, 0) is 25.6 Å². The number of carbonyl (C=O) groups is 4. The second kappa shape index (κ2) is 13.1. The number of aliphatic carboxylic acids is 1. The van der Waals surface area contributed by atoms with E-state index in [0.717, 1.165) is 5.56 Å². The molecule has 1 aromatic rings. The minimum atomic E-state index is -1.17. The first-order chi connectivity index (χ1) is 15.0. The Kier molecular flexibility index (Phi) is 11.2. The largest absolute Gasteiger partial charge is 0.480 e. The van der Waals surface area contributed by atoms with Crippen LogP contribution in [0, 0.1) is 11.8 Å². The number of carboxylic acid groups (broad SMARTS) is 1. The highest BCUT2D eigenvalue weighted by atomic mass is 32.1. The number of hydrogen-bond donors (Lipinski definition) is 6. The Morgan fingerprint density at radius 2 is 1.41 bits per heavy atom. The van der Waals surface area contributed by atoms with Gasteiger partial charge in [-0.1, -0.05) is 58.0 Å². The van der Waals surface area contributed by atoms with Crippen LogP contribution >= 0.6 is 12.6 Å². The zero-order valence-corrected chi connectivity index (χ0v) is 19.8. The molecule has 6 N–H and O–H groups in total. The van der Waals surface area contributed by atoms with E-state index in [-0.39, 0.29) is 24.0 Å². The monoisotopic (exact) mass is 466 g/mol. The first-order valence-electron chi connectivity index (χ1n) is 10.5. The lowest BCUT2D eigenvalue weighted by Crippen LogP contribution is -2.59. The maximum absolute atomic E-state index is 12.9. The van der Waals surface area contributed by atoms with Crippen molar-refractivity contribution in [2.24, 2.45) is 17.6 Å². The fraction of sp³-hybridized carbons (Fsp3) is 0.545. The molecule has 0 aliphatic heterocycles. The maximum Gasteiger partial charge on any atom is 0.326 e. The highest BCUT2D eigenvalue weighted by molar-refractivity contribution is 7.80. The van der Waals surface area contributed by atoms with Crippen molar-refractivity contribution in [3.63, 3.8) is 0 Å². The third-order valence-corrected chi connectivity index (χ3v) is 5.35. The molecule has 0 aliphatic carbocycles. The normalized spacial score (nSPS) is 14.9. The number of carboxylic acids is 1. The summed E-state index contributed by atoms with van der Waals surface area (Å²) in [5, 5.41) is 17.1. The zero-order chi connectivity index (χ0) is 24.4. The van der Waals surface area contributed by atoms with Crippen LogP contribution < -0.4 is 21.7 Å². The van der Waals surface area contributed by atoms with Crippen LogP contribution in [0.15, 0.2) is 30.3 Å². The van der Waals surface area contributed by atoms with E-state index in [0.29, 0.717) is 0 Å². The molecule has 0 saturated heterocycles. The molecule has 0 aromatic heterocycles. The standard InChI is InChI=1S/C22H34N4O5S/c1-12(2)17(23)21(29)25-16(11-32)20(28)24-15(10-14-8-6-5-7-9-14)19(27)26-18(13(3)4)22(30)31/h5-9,12-13,15-18,32H,10-11,23H2,1-4H3,(H,24,28)(H,25,29)(H,26,27)(H,30,31). The van der Waals surface area contributed by atoms with Gasteiger partial charge in [-0.25, -0.2) is 4.79 Å². The van der Waals surface area contributed by atoms with Crippen molar-refractivity contribution in [3.8, 4) is 0 Å². The predicted octanol–water partition coefficient (Wildman–Crippen LogP) is 0.337. The van der Waals surface area contributed by atoms with Crippen LogP contribution in [-0.4, -0.2) is 58.7 Å². The first kappa shape index (κ1) is 27.4. The van der Waals surface area contributed by atoms with Crippen molar-refractivity contribution in [2.75, 3.05) is 5.75 Å². The van der Waals surface area contributed by atoms with E-state index in [1.807, 2.05) is 6.07 Å². The molecule has 1 aromatic carbocycles. The van der Waals surface area contributed by atoms with Gasteiger partial charge in [-0.15, -0.1) is 0 Å². The lowest BCUT2D eigenvalue weighted by Gasteiger charge is -2.26. The van der Waals surface area contributed by atoms with Gasteiger partial charge in [-0.05, 0) is 17.4 Å². The van der Waals surface area contributed by atoms with E-state index in [9.17, 15) is 24.3 Å². The van der Waals surface area contributed by atoms with E-state index >= 15 is 0 Å². The smallest absolute Gasteiger partial charge is 0.326 e. The van der Waals surface area contributed by atoms with E-state index in [1.165, 1.54) is 0 Å². The summed E-state index contributed by atoms with van der Waals surface area (Å²) in [5.74, 6) is -3.40. The molecule has 0 aliphatic rings. The van der Waals surface area contributed by atoms with Crippen LogP contribution in [0.25, 0.3) is 0 Å². The van der Waals surface area contributed by atoms with Gasteiger partial charge in [0.05, 0.1) is 6.04 Å². The molecule has 0 fully saturated rings. The molecule has 3 amide bonds. The van der Waals surface area contributed by atoms with Gasteiger partial charge in [0.15, 0.2) is 0 Å². The number of nitrogens with one attached hydrogen (secondary N) is 3. The second-order valence-electron chi connectivity index (χ2n) is 8.33. The number of amides is 3. The molecule has 0 bridgehead atoms.